The Hall–Kier alpha value is -1.90. The first-order valence-corrected chi connectivity index (χ1v) is 8.29. The highest BCUT2D eigenvalue weighted by molar-refractivity contribution is 6.61. The number of anilines is 1. The molecule has 0 spiro atoms. The summed E-state index contributed by atoms with van der Waals surface area (Å²) in [5, 5.41) is 16.8. The van der Waals surface area contributed by atoms with Gasteiger partial charge in [-0.3, -0.25) is 0 Å². The van der Waals surface area contributed by atoms with Crippen LogP contribution >= 0.6 is 0 Å². The number of halogens is 3. The van der Waals surface area contributed by atoms with Gasteiger partial charge in [0, 0.05) is 24.8 Å². The molecule has 1 aromatic heterocycles. The number of β-amino-alcohol motifs (C(OH)–C–C–N with tert-alkyl or cyclic N) is 1. The van der Waals surface area contributed by atoms with Crippen LogP contribution < -0.4 is 10.4 Å². The van der Waals surface area contributed by atoms with Crippen molar-refractivity contribution in [1.29, 1.82) is 5.26 Å². The summed E-state index contributed by atoms with van der Waals surface area (Å²) in [6, 6.07) is 1.75. The molecule has 3 rings (SSSR count). The maximum Gasteiger partial charge on any atom is 0.498 e. The van der Waals surface area contributed by atoms with E-state index in [1.807, 2.05) is 27.7 Å². The van der Waals surface area contributed by atoms with Crippen molar-refractivity contribution in [2.24, 2.45) is 0 Å². The molecule has 0 atom stereocenters. The van der Waals surface area contributed by atoms with Gasteiger partial charge >= 0.3 is 13.3 Å². The third-order valence-electron chi connectivity index (χ3n) is 4.90. The Balaban J connectivity index is 0.000000817. The van der Waals surface area contributed by atoms with E-state index in [0.29, 0.717) is 5.46 Å². The maximum absolute atomic E-state index is 12.6. The zero-order chi connectivity index (χ0) is 20.7. The first-order valence-electron chi connectivity index (χ1n) is 8.29. The fourth-order valence-corrected chi connectivity index (χ4v) is 2.50. The van der Waals surface area contributed by atoms with Gasteiger partial charge in [0.1, 0.15) is 0 Å². The monoisotopic (exact) mass is 386 g/mol. The van der Waals surface area contributed by atoms with Gasteiger partial charge in [0.15, 0.2) is 5.60 Å². The van der Waals surface area contributed by atoms with Crippen molar-refractivity contribution in [2.45, 2.75) is 57.6 Å². The summed E-state index contributed by atoms with van der Waals surface area (Å²) in [6.07, 6.45) is -1.73. The van der Waals surface area contributed by atoms with Gasteiger partial charge in [0.05, 0.1) is 30.4 Å². The lowest BCUT2D eigenvalue weighted by molar-refractivity contribution is -0.267. The minimum absolute atomic E-state index is 0.129. The number of nitriles is 1. The van der Waals surface area contributed by atoms with Crippen LogP contribution in [-0.2, 0) is 9.31 Å². The molecule has 2 aliphatic heterocycles. The number of aromatic nitrogens is 2. The molecule has 0 aromatic carbocycles. The van der Waals surface area contributed by atoms with E-state index in [1.165, 1.54) is 24.2 Å². The quantitative estimate of drug-likeness (QED) is 0.769. The second-order valence-corrected chi connectivity index (χ2v) is 7.51. The van der Waals surface area contributed by atoms with Crippen molar-refractivity contribution in [3.8, 4) is 6.07 Å². The highest BCUT2D eigenvalue weighted by atomic mass is 19.4. The van der Waals surface area contributed by atoms with Gasteiger partial charge in [0.25, 0.3) is 0 Å². The number of alkyl halides is 3. The first-order chi connectivity index (χ1) is 12.3. The molecule has 0 bridgehead atoms. The highest BCUT2D eigenvalue weighted by Crippen LogP contribution is 2.39. The average molecular weight is 386 g/mol. The van der Waals surface area contributed by atoms with Crippen LogP contribution in [0.25, 0.3) is 0 Å². The van der Waals surface area contributed by atoms with Crippen molar-refractivity contribution < 1.29 is 27.6 Å². The smallest absolute Gasteiger partial charge is 0.399 e. The molecule has 2 aliphatic rings. The molecule has 0 unspecified atom stereocenters. The number of nitrogens with zero attached hydrogens (tertiary/aromatic N) is 4. The number of hydrogen-bond acceptors (Lipinski definition) is 7. The average Bonchev–Trinajstić information content (AvgIpc) is 2.72. The second-order valence-electron chi connectivity index (χ2n) is 7.51. The molecule has 11 heteroatoms. The van der Waals surface area contributed by atoms with Gasteiger partial charge in [-0.2, -0.15) is 18.4 Å². The predicted molar refractivity (Wildman–Crippen MR) is 92.3 cm³/mol. The molecule has 2 saturated heterocycles. The van der Waals surface area contributed by atoms with Crippen molar-refractivity contribution in [3.63, 3.8) is 0 Å². The summed E-state index contributed by atoms with van der Waals surface area (Å²) < 4.78 is 49.6. The molecule has 148 valence electrons. The zero-order valence-electron chi connectivity index (χ0n) is 15.8. The number of rotatable bonds is 2. The van der Waals surface area contributed by atoms with Crippen LogP contribution in [0, 0.1) is 11.3 Å². The van der Waals surface area contributed by atoms with Crippen LogP contribution in [0.4, 0.5) is 19.1 Å². The van der Waals surface area contributed by atoms with Crippen LogP contribution in [0.3, 0.4) is 0 Å². The third kappa shape index (κ3) is 4.02. The summed E-state index contributed by atoms with van der Waals surface area (Å²) in [6.45, 7) is 7.94. The predicted octanol–water partition coefficient (Wildman–Crippen LogP) is 1.42. The van der Waals surface area contributed by atoms with Crippen LogP contribution in [0.1, 0.15) is 34.6 Å². The number of hydrogen-bond donors (Lipinski definition) is 1. The molecule has 0 aliphatic carbocycles. The van der Waals surface area contributed by atoms with Crippen molar-refractivity contribution >= 4 is 18.5 Å². The molecule has 0 saturated carbocycles. The SMILES string of the molecule is CC#N.CC1(C)OB(c2cnc(N3CC(O)(C(F)(F)F)C3)nc2)OC1(C)C. The van der Waals surface area contributed by atoms with E-state index in [9.17, 15) is 18.3 Å². The Morgan fingerprint density at radius 2 is 1.56 bits per heavy atom. The van der Waals surface area contributed by atoms with E-state index >= 15 is 0 Å². The van der Waals surface area contributed by atoms with Gasteiger partial charge < -0.3 is 19.3 Å². The van der Waals surface area contributed by atoms with Gasteiger partial charge in [-0.15, -0.1) is 0 Å². The largest absolute Gasteiger partial charge is 0.498 e. The van der Waals surface area contributed by atoms with Crippen LogP contribution in [0.15, 0.2) is 12.4 Å². The molecule has 1 aromatic rings. The van der Waals surface area contributed by atoms with E-state index < -0.39 is 43.2 Å². The lowest BCUT2D eigenvalue weighted by atomic mass is 9.81. The minimum Gasteiger partial charge on any atom is -0.399 e. The van der Waals surface area contributed by atoms with E-state index in [0.717, 1.165) is 0 Å². The Morgan fingerprint density at radius 3 is 1.93 bits per heavy atom. The van der Waals surface area contributed by atoms with Crippen molar-refractivity contribution in [2.75, 3.05) is 18.0 Å². The molecule has 7 nitrogen and oxygen atoms in total. The topological polar surface area (TPSA) is 91.5 Å². The second kappa shape index (κ2) is 6.93. The standard InChI is InChI=1S/C14H19BF3N3O3.C2H3N/c1-11(2)12(3,4)24-15(23-11)9-5-19-10(20-6-9)21-7-13(22,8-21)14(16,17)18;1-2-3/h5-6,22H,7-8H2,1-4H3;1H3. The van der Waals surface area contributed by atoms with Crippen LogP contribution in [0.5, 0.6) is 0 Å². The third-order valence-corrected chi connectivity index (χ3v) is 4.90. The molecule has 1 N–H and O–H groups in total. The Labute approximate surface area is 156 Å². The summed E-state index contributed by atoms with van der Waals surface area (Å²) >= 11 is 0. The normalized spacial score (nSPS) is 22.4. The molecule has 0 radical (unpaired) electrons. The van der Waals surface area contributed by atoms with Crippen LogP contribution in [-0.4, -0.2) is 58.3 Å². The van der Waals surface area contributed by atoms with Gasteiger partial charge in [0.2, 0.25) is 5.95 Å². The first kappa shape index (κ1) is 21.4. The summed E-state index contributed by atoms with van der Waals surface area (Å²) in [4.78, 5) is 9.39. The summed E-state index contributed by atoms with van der Waals surface area (Å²) in [5.41, 5.74) is -3.11. The maximum atomic E-state index is 12.6. The van der Waals surface area contributed by atoms with E-state index in [4.69, 9.17) is 14.6 Å². The van der Waals surface area contributed by atoms with E-state index in [-0.39, 0.29) is 5.95 Å². The Morgan fingerprint density at radius 1 is 1.15 bits per heavy atom. The molecular formula is C16H22BF3N4O3. The molecule has 2 fully saturated rings. The molecule has 3 heterocycles. The minimum atomic E-state index is -4.66. The fraction of sp³-hybridized carbons (Fsp3) is 0.688. The van der Waals surface area contributed by atoms with Crippen molar-refractivity contribution in [1.82, 2.24) is 9.97 Å². The van der Waals surface area contributed by atoms with Crippen molar-refractivity contribution in [3.05, 3.63) is 12.4 Å². The van der Waals surface area contributed by atoms with Gasteiger partial charge in [-0.25, -0.2) is 9.97 Å². The zero-order valence-corrected chi connectivity index (χ0v) is 15.8. The Bertz CT molecular complexity index is 697. The lowest BCUT2D eigenvalue weighted by Crippen LogP contribution is -2.69. The highest BCUT2D eigenvalue weighted by Gasteiger charge is 2.61. The summed E-state index contributed by atoms with van der Waals surface area (Å²) in [5.74, 6) is 0.129. The van der Waals surface area contributed by atoms with Crippen LogP contribution in [0.2, 0.25) is 0 Å². The van der Waals surface area contributed by atoms with E-state index in [1.54, 1.807) is 6.07 Å². The fourth-order valence-electron chi connectivity index (χ4n) is 2.50. The molecule has 0 amide bonds. The van der Waals surface area contributed by atoms with Gasteiger partial charge in [-0.1, -0.05) is 0 Å². The number of aliphatic hydroxyl groups is 1. The Kier molecular flexibility index (Phi) is 5.49. The molecule has 27 heavy (non-hydrogen) atoms. The lowest BCUT2D eigenvalue weighted by Gasteiger charge is -2.46. The van der Waals surface area contributed by atoms with Gasteiger partial charge in [-0.05, 0) is 27.7 Å². The summed E-state index contributed by atoms with van der Waals surface area (Å²) in [7, 11) is -0.632. The molecular weight excluding hydrogens is 364 g/mol. The van der Waals surface area contributed by atoms with E-state index in [2.05, 4.69) is 9.97 Å².